The van der Waals surface area contributed by atoms with Gasteiger partial charge in [0.2, 0.25) is 0 Å². The van der Waals surface area contributed by atoms with E-state index >= 15 is 0 Å². The van der Waals surface area contributed by atoms with Crippen LogP contribution in [0.4, 0.5) is 0 Å². The number of para-hydroxylation sites is 3. The predicted octanol–water partition coefficient (Wildman–Crippen LogP) is 6.24. The molecular formula is C32H17BN2S. The average Bonchev–Trinajstić information content (AvgIpc) is 3.59. The smallest absolute Gasteiger partial charge is 0.254 e. The SMILES string of the molecule is c1ccc2c(c1)B1c3c(sc4ccccc34)-n3c4ccccc4c4cc5c6ccccc6n-2c5c1c43. The molecule has 0 bridgehead atoms. The van der Waals surface area contributed by atoms with Gasteiger partial charge in [0.05, 0.1) is 27.1 Å². The highest BCUT2D eigenvalue weighted by atomic mass is 32.1. The first-order valence-corrected chi connectivity index (χ1v) is 13.3. The predicted molar refractivity (Wildman–Crippen MR) is 155 cm³/mol. The second kappa shape index (κ2) is 5.92. The summed E-state index contributed by atoms with van der Waals surface area (Å²) in [5.41, 5.74) is 11.0. The van der Waals surface area contributed by atoms with Crippen LogP contribution in [0.15, 0.2) is 103 Å². The van der Waals surface area contributed by atoms with Crippen molar-refractivity contribution in [1.29, 1.82) is 0 Å². The Balaban J connectivity index is 1.60. The van der Waals surface area contributed by atoms with Crippen LogP contribution in [0, 0.1) is 0 Å². The van der Waals surface area contributed by atoms with Gasteiger partial charge in [-0.15, -0.1) is 11.3 Å². The van der Waals surface area contributed by atoms with E-state index in [4.69, 9.17) is 0 Å². The van der Waals surface area contributed by atoms with Gasteiger partial charge in [0, 0.05) is 31.9 Å². The molecule has 0 spiro atoms. The molecule has 2 aliphatic rings. The number of hydrogen-bond donors (Lipinski definition) is 0. The fourth-order valence-electron chi connectivity index (χ4n) is 7.23. The molecule has 0 atom stereocenters. The van der Waals surface area contributed by atoms with Gasteiger partial charge in [-0.3, -0.25) is 0 Å². The van der Waals surface area contributed by atoms with Gasteiger partial charge in [0.1, 0.15) is 0 Å². The van der Waals surface area contributed by atoms with Crippen molar-refractivity contribution in [2.24, 2.45) is 0 Å². The van der Waals surface area contributed by atoms with Crippen LogP contribution < -0.4 is 16.4 Å². The molecule has 0 saturated carbocycles. The summed E-state index contributed by atoms with van der Waals surface area (Å²) in [7, 11) is 0. The molecule has 3 aromatic heterocycles. The van der Waals surface area contributed by atoms with Crippen LogP contribution in [-0.2, 0) is 0 Å². The summed E-state index contributed by atoms with van der Waals surface area (Å²) in [6.45, 7) is 0.215. The molecule has 4 heteroatoms. The highest BCUT2D eigenvalue weighted by Crippen LogP contribution is 2.43. The van der Waals surface area contributed by atoms with Crippen LogP contribution in [0.5, 0.6) is 0 Å². The molecule has 164 valence electrons. The molecule has 36 heavy (non-hydrogen) atoms. The molecule has 0 unspecified atom stereocenters. The Hall–Kier alpha value is -4.28. The molecule has 0 saturated heterocycles. The van der Waals surface area contributed by atoms with Crippen LogP contribution >= 0.6 is 11.3 Å². The Morgan fingerprint density at radius 3 is 1.94 bits per heavy atom. The maximum Gasteiger partial charge on any atom is 0.254 e. The molecule has 0 aliphatic carbocycles. The lowest BCUT2D eigenvalue weighted by atomic mass is 9.34. The first-order valence-electron chi connectivity index (χ1n) is 12.5. The van der Waals surface area contributed by atoms with Crippen molar-refractivity contribution in [3.8, 4) is 10.7 Å². The summed E-state index contributed by atoms with van der Waals surface area (Å²) in [6.07, 6.45) is 0. The van der Waals surface area contributed by atoms with Crippen LogP contribution in [0.2, 0.25) is 0 Å². The Kier molecular flexibility index (Phi) is 2.97. The molecule has 10 rings (SSSR count). The standard InChI is InChI=1S/C32H17BN2S/c1-5-13-24-18(9-1)21-17-22-19-10-2-6-14-25(19)35-31(22)29-30(21)34(24)26-15-7-4-12-23(26)33(29)28-20-11-3-8-16-27(20)36-32(28)35/h1-17H. The van der Waals surface area contributed by atoms with Gasteiger partial charge in [-0.2, -0.15) is 0 Å². The fraction of sp³-hybridized carbons (Fsp3) is 0. The average molecular weight is 472 g/mol. The molecule has 5 aromatic carbocycles. The molecule has 0 N–H and O–H groups in total. The molecule has 0 radical (unpaired) electrons. The maximum absolute atomic E-state index is 2.58. The third-order valence-electron chi connectivity index (χ3n) is 8.51. The number of hydrogen-bond acceptors (Lipinski definition) is 1. The topological polar surface area (TPSA) is 9.86 Å². The van der Waals surface area contributed by atoms with Crippen LogP contribution in [-0.4, -0.2) is 15.8 Å². The molecule has 0 amide bonds. The number of rotatable bonds is 0. The minimum atomic E-state index is 0.215. The molecule has 8 aromatic rings. The number of nitrogens with zero attached hydrogens (tertiary/aromatic N) is 2. The van der Waals surface area contributed by atoms with Gasteiger partial charge >= 0.3 is 0 Å². The van der Waals surface area contributed by atoms with E-state index in [9.17, 15) is 0 Å². The highest BCUT2D eigenvalue weighted by Gasteiger charge is 2.42. The van der Waals surface area contributed by atoms with Crippen molar-refractivity contribution in [3.63, 3.8) is 0 Å². The summed E-state index contributed by atoms with van der Waals surface area (Å²) in [6, 6.07) is 38.4. The zero-order chi connectivity index (χ0) is 23.1. The fourth-order valence-corrected chi connectivity index (χ4v) is 8.49. The van der Waals surface area contributed by atoms with Crippen molar-refractivity contribution in [2.75, 3.05) is 0 Å². The van der Waals surface area contributed by atoms with E-state index < -0.39 is 0 Å². The van der Waals surface area contributed by atoms with Gasteiger partial charge in [-0.25, -0.2) is 0 Å². The van der Waals surface area contributed by atoms with Gasteiger partial charge in [-0.1, -0.05) is 72.8 Å². The van der Waals surface area contributed by atoms with Crippen molar-refractivity contribution in [2.45, 2.75) is 0 Å². The minimum absolute atomic E-state index is 0.215. The summed E-state index contributed by atoms with van der Waals surface area (Å²) >= 11 is 1.94. The molecule has 2 nitrogen and oxygen atoms in total. The minimum Gasteiger partial charge on any atom is -0.310 e. The second-order valence-corrected chi connectivity index (χ2v) is 11.1. The van der Waals surface area contributed by atoms with Gasteiger partial charge in [0.25, 0.3) is 6.71 Å². The van der Waals surface area contributed by atoms with Crippen LogP contribution in [0.3, 0.4) is 0 Å². The zero-order valence-corrected chi connectivity index (χ0v) is 20.0. The summed E-state index contributed by atoms with van der Waals surface area (Å²) < 4.78 is 6.47. The van der Waals surface area contributed by atoms with Crippen molar-refractivity contribution < 1.29 is 0 Å². The van der Waals surface area contributed by atoms with E-state index in [0.717, 1.165) is 0 Å². The van der Waals surface area contributed by atoms with E-state index in [0.29, 0.717) is 0 Å². The Bertz CT molecular complexity index is 2280. The lowest BCUT2D eigenvalue weighted by molar-refractivity contribution is 1.18. The van der Waals surface area contributed by atoms with Crippen molar-refractivity contribution in [1.82, 2.24) is 9.13 Å². The van der Waals surface area contributed by atoms with Gasteiger partial charge < -0.3 is 9.13 Å². The van der Waals surface area contributed by atoms with Crippen LogP contribution in [0.1, 0.15) is 0 Å². The number of aromatic nitrogens is 2. The molecular weight excluding hydrogens is 455 g/mol. The normalized spacial score (nSPS) is 13.5. The van der Waals surface area contributed by atoms with E-state index in [-0.39, 0.29) is 6.71 Å². The van der Waals surface area contributed by atoms with Crippen molar-refractivity contribution in [3.05, 3.63) is 103 Å². The Morgan fingerprint density at radius 1 is 0.528 bits per heavy atom. The summed E-state index contributed by atoms with van der Waals surface area (Å²) in [5, 5.41) is 8.15. The zero-order valence-electron chi connectivity index (χ0n) is 19.2. The number of fused-ring (bicyclic) bond motifs is 14. The molecule has 5 heterocycles. The van der Waals surface area contributed by atoms with Crippen molar-refractivity contribution >= 4 is 88.1 Å². The largest absolute Gasteiger partial charge is 0.310 e. The third-order valence-corrected chi connectivity index (χ3v) is 9.68. The molecule has 2 aliphatic heterocycles. The van der Waals surface area contributed by atoms with E-state index in [1.165, 1.54) is 80.8 Å². The summed E-state index contributed by atoms with van der Waals surface area (Å²) in [5.74, 6) is 0. The Labute approximate surface area is 210 Å². The van der Waals surface area contributed by atoms with Gasteiger partial charge in [0.15, 0.2) is 0 Å². The number of thiophene rings is 1. The van der Waals surface area contributed by atoms with E-state index in [1.54, 1.807) is 0 Å². The Morgan fingerprint density at radius 2 is 1.14 bits per heavy atom. The first-order chi connectivity index (χ1) is 17.9. The summed E-state index contributed by atoms with van der Waals surface area (Å²) in [4.78, 5) is 0. The maximum atomic E-state index is 2.58. The lowest BCUT2D eigenvalue weighted by Gasteiger charge is -2.31. The first kappa shape index (κ1) is 18.1. The monoisotopic (exact) mass is 472 g/mol. The van der Waals surface area contributed by atoms with E-state index in [2.05, 4.69) is 112 Å². The van der Waals surface area contributed by atoms with E-state index in [1.807, 2.05) is 11.3 Å². The van der Waals surface area contributed by atoms with Crippen LogP contribution in [0.25, 0.3) is 64.4 Å². The number of benzene rings is 5. The third kappa shape index (κ3) is 1.83. The second-order valence-electron chi connectivity index (χ2n) is 10.1. The highest BCUT2D eigenvalue weighted by molar-refractivity contribution is 7.25. The molecule has 0 fully saturated rings. The van der Waals surface area contributed by atoms with Gasteiger partial charge in [-0.05, 0) is 52.1 Å². The lowest BCUT2D eigenvalue weighted by Crippen LogP contribution is -2.58. The quantitative estimate of drug-likeness (QED) is 0.231.